The van der Waals surface area contributed by atoms with Crippen LogP contribution in [-0.2, 0) is 6.61 Å². The highest BCUT2D eigenvalue weighted by Gasteiger charge is 2.11. The number of alkyl halides is 2. The minimum absolute atomic E-state index is 0.0544. The van der Waals surface area contributed by atoms with E-state index >= 15 is 0 Å². The summed E-state index contributed by atoms with van der Waals surface area (Å²) in [6.07, 6.45) is -1.75. The smallest absolute Gasteiger partial charge is 0.335 e. The molecule has 2 aromatic rings. The lowest BCUT2D eigenvalue weighted by molar-refractivity contribution is 0.0695. The molecule has 1 atom stereocenters. The van der Waals surface area contributed by atoms with E-state index in [0.29, 0.717) is 0 Å². The first-order chi connectivity index (χ1) is 11.1. The van der Waals surface area contributed by atoms with Gasteiger partial charge < -0.3 is 14.6 Å². The minimum Gasteiger partial charge on any atom is -0.490 e. The summed E-state index contributed by atoms with van der Waals surface area (Å²) < 4.78 is 35.6. The lowest BCUT2D eigenvalue weighted by Crippen LogP contribution is -2.15. The van der Waals surface area contributed by atoms with E-state index in [1.165, 1.54) is 18.2 Å². The number of carboxylic acid groups (broad SMARTS) is 1. The zero-order valence-corrected chi connectivity index (χ0v) is 12.2. The molecule has 0 bridgehead atoms. The number of benzene rings is 2. The molecule has 0 saturated heterocycles. The molecule has 2 rings (SSSR count). The van der Waals surface area contributed by atoms with Crippen LogP contribution in [-0.4, -0.2) is 30.5 Å². The molecule has 23 heavy (non-hydrogen) atoms. The van der Waals surface area contributed by atoms with Crippen molar-refractivity contribution >= 4 is 5.97 Å². The molecule has 0 amide bonds. The molecule has 0 aliphatic rings. The fourth-order valence-electron chi connectivity index (χ4n) is 1.83. The normalized spacial score (nSPS) is 11.7. The van der Waals surface area contributed by atoms with Crippen molar-refractivity contribution in [2.75, 3.05) is 13.3 Å². The Kier molecular flexibility index (Phi) is 5.91. The molecule has 1 N–H and O–H groups in total. The monoisotopic (exact) mass is 322 g/mol. The fraction of sp³-hybridized carbons (Fsp3) is 0.235. The summed E-state index contributed by atoms with van der Waals surface area (Å²) in [6.45, 7) is -1.40. The Balaban J connectivity index is 2.11. The Bertz CT molecular complexity index is 646. The van der Waals surface area contributed by atoms with Crippen LogP contribution < -0.4 is 9.47 Å². The zero-order chi connectivity index (χ0) is 16.7. The van der Waals surface area contributed by atoms with Gasteiger partial charge in [0.15, 0.2) is 6.17 Å². The van der Waals surface area contributed by atoms with Crippen LogP contribution >= 0.6 is 0 Å². The van der Waals surface area contributed by atoms with Gasteiger partial charge in [-0.2, -0.15) is 0 Å². The molecule has 0 radical (unpaired) electrons. The topological polar surface area (TPSA) is 55.8 Å². The summed E-state index contributed by atoms with van der Waals surface area (Å²) in [4.78, 5) is 11.1. The highest BCUT2D eigenvalue weighted by Crippen LogP contribution is 2.24. The number of carbonyl (C=O) groups is 1. The van der Waals surface area contributed by atoms with E-state index in [0.717, 1.165) is 5.56 Å². The second-order valence-corrected chi connectivity index (χ2v) is 4.84. The van der Waals surface area contributed by atoms with Gasteiger partial charge in [0.2, 0.25) is 0 Å². The first kappa shape index (κ1) is 16.7. The molecule has 1 unspecified atom stereocenters. The Hall–Kier alpha value is -2.63. The van der Waals surface area contributed by atoms with Crippen LogP contribution in [0.4, 0.5) is 8.78 Å². The standard InChI is InChI=1S/C17H16F2O4/c18-9-14(19)11-23-16-7-13(17(20)21)6-15(8-16)22-10-12-4-2-1-3-5-12/h1-8,14H,9-11H2,(H,20,21). The fourth-order valence-corrected chi connectivity index (χ4v) is 1.83. The van der Waals surface area contributed by atoms with Gasteiger partial charge in [-0.25, -0.2) is 13.6 Å². The number of hydrogen-bond acceptors (Lipinski definition) is 3. The van der Waals surface area contributed by atoms with Gasteiger partial charge in [-0.3, -0.25) is 0 Å². The number of aromatic carboxylic acids is 1. The average Bonchev–Trinajstić information content (AvgIpc) is 2.58. The van der Waals surface area contributed by atoms with Crippen LogP contribution in [0.3, 0.4) is 0 Å². The van der Waals surface area contributed by atoms with Crippen molar-refractivity contribution in [3.05, 3.63) is 59.7 Å². The number of hydrogen-bond donors (Lipinski definition) is 1. The molecule has 6 heteroatoms. The van der Waals surface area contributed by atoms with Crippen LogP contribution in [0.5, 0.6) is 11.5 Å². The van der Waals surface area contributed by atoms with Gasteiger partial charge in [-0.05, 0) is 17.7 Å². The van der Waals surface area contributed by atoms with Crippen molar-refractivity contribution < 1.29 is 28.2 Å². The Morgan fingerprint density at radius 2 is 1.74 bits per heavy atom. The maximum atomic E-state index is 12.9. The van der Waals surface area contributed by atoms with Crippen molar-refractivity contribution in [1.82, 2.24) is 0 Å². The predicted molar refractivity (Wildman–Crippen MR) is 80.5 cm³/mol. The molecule has 0 saturated carbocycles. The van der Waals surface area contributed by atoms with Gasteiger partial charge in [0.25, 0.3) is 0 Å². The molecule has 122 valence electrons. The highest BCUT2D eigenvalue weighted by molar-refractivity contribution is 5.88. The van der Waals surface area contributed by atoms with Crippen molar-refractivity contribution in [3.63, 3.8) is 0 Å². The summed E-state index contributed by atoms with van der Waals surface area (Å²) >= 11 is 0. The quantitative estimate of drug-likeness (QED) is 0.806. The molecular weight excluding hydrogens is 306 g/mol. The SMILES string of the molecule is O=C(O)c1cc(OCc2ccccc2)cc(OCC(F)CF)c1. The van der Waals surface area contributed by atoms with Gasteiger partial charge >= 0.3 is 5.97 Å². The van der Waals surface area contributed by atoms with E-state index in [1.54, 1.807) is 0 Å². The molecule has 2 aromatic carbocycles. The van der Waals surface area contributed by atoms with Crippen molar-refractivity contribution in [2.24, 2.45) is 0 Å². The van der Waals surface area contributed by atoms with Crippen LogP contribution in [0.25, 0.3) is 0 Å². The van der Waals surface area contributed by atoms with Gasteiger partial charge in [-0.1, -0.05) is 30.3 Å². The van der Waals surface area contributed by atoms with Crippen molar-refractivity contribution in [1.29, 1.82) is 0 Å². The Morgan fingerprint density at radius 3 is 2.35 bits per heavy atom. The minimum atomic E-state index is -1.75. The summed E-state index contributed by atoms with van der Waals surface area (Å²) in [5.41, 5.74) is 0.859. The molecule has 0 aromatic heterocycles. The third kappa shape index (κ3) is 5.25. The lowest BCUT2D eigenvalue weighted by Gasteiger charge is -2.12. The molecule has 0 spiro atoms. The third-order valence-corrected chi connectivity index (χ3v) is 2.97. The van der Waals surface area contributed by atoms with Gasteiger partial charge in [0, 0.05) is 6.07 Å². The van der Waals surface area contributed by atoms with Gasteiger partial charge in [0.05, 0.1) is 5.56 Å². The molecule has 0 aliphatic heterocycles. The van der Waals surface area contributed by atoms with Crippen molar-refractivity contribution in [3.8, 4) is 11.5 Å². The molecular formula is C17H16F2O4. The van der Waals surface area contributed by atoms with E-state index in [1.807, 2.05) is 30.3 Å². The maximum absolute atomic E-state index is 12.9. The van der Waals surface area contributed by atoms with E-state index in [4.69, 9.17) is 14.6 Å². The molecule has 0 heterocycles. The second kappa shape index (κ2) is 8.12. The molecule has 0 aliphatic carbocycles. The van der Waals surface area contributed by atoms with Gasteiger partial charge in [0.1, 0.15) is 31.4 Å². The van der Waals surface area contributed by atoms with Crippen LogP contribution in [0.15, 0.2) is 48.5 Å². The van der Waals surface area contributed by atoms with Crippen LogP contribution in [0, 0.1) is 0 Å². The van der Waals surface area contributed by atoms with E-state index in [-0.39, 0.29) is 23.7 Å². The average molecular weight is 322 g/mol. The largest absolute Gasteiger partial charge is 0.490 e. The molecule has 0 fully saturated rings. The predicted octanol–water partition coefficient (Wildman–Crippen LogP) is 3.65. The highest BCUT2D eigenvalue weighted by atomic mass is 19.2. The zero-order valence-electron chi connectivity index (χ0n) is 12.2. The first-order valence-corrected chi connectivity index (χ1v) is 6.96. The molecule has 4 nitrogen and oxygen atoms in total. The van der Waals surface area contributed by atoms with Crippen LogP contribution in [0.1, 0.15) is 15.9 Å². The number of halogens is 2. The van der Waals surface area contributed by atoms with E-state index in [9.17, 15) is 13.6 Å². The Labute approximate surface area is 132 Å². The Morgan fingerprint density at radius 1 is 1.09 bits per heavy atom. The van der Waals surface area contributed by atoms with E-state index in [2.05, 4.69) is 0 Å². The second-order valence-electron chi connectivity index (χ2n) is 4.84. The summed E-state index contributed by atoms with van der Waals surface area (Å²) in [7, 11) is 0. The van der Waals surface area contributed by atoms with Gasteiger partial charge in [-0.15, -0.1) is 0 Å². The first-order valence-electron chi connectivity index (χ1n) is 6.96. The summed E-state index contributed by atoms with van der Waals surface area (Å²) in [6, 6.07) is 13.4. The summed E-state index contributed by atoms with van der Waals surface area (Å²) in [5.74, 6) is -0.772. The van der Waals surface area contributed by atoms with Crippen LogP contribution in [0.2, 0.25) is 0 Å². The number of carboxylic acids is 1. The lowest BCUT2D eigenvalue weighted by atomic mass is 10.2. The van der Waals surface area contributed by atoms with Crippen molar-refractivity contribution in [2.45, 2.75) is 12.8 Å². The van der Waals surface area contributed by atoms with E-state index < -0.39 is 25.4 Å². The number of ether oxygens (including phenoxy) is 2. The third-order valence-electron chi connectivity index (χ3n) is 2.97. The summed E-state index contributed by atoms with van der Waals surface area (Å²) in [5, 5.41) is 9.10. The number of rotatable bonds is 8. The maximum Gasteiger partial charge on any atom is 0.335 e.